The Morgan fingerprint density at radius 2 is 2.24 bits per heavy atom. The van der Waals surface area contributed by atoms with Gasteiger partial charge < -0.3 is 10.6 Å². The molecule has 1 unspecified atom stereocenters. The van der Waals surface area contributed by atoms with Crippen molar-refractivity contribution in [1.82, 2.24) is 30.1 Å². The summed E-state index contributed by atoms with van der Waals surface area (Å²) in [6, 6.07) is 0.203. The average Bonchev–Trinajstić information content (AvgIpc) is 2.99. The molecule has 9 nitrogen and oxygen atoms in total. The van der Waals surface area contributed by atoms with Crippen molar-refractivity contribution in [3.63, 3.8) is 0 Å². The first kappa shape index (κ1) is 18.1. The third-order valence-corrected chi connectivity index (χ3v) is 6.20. The largest absolute Gasteiger partial charge is 0.355 e. The van der Waals surface area contributed by atoms with Gasteiger partial charge in [-0.25, -0.2) is 22.8 Å². The van der Waals surface area contributed by atoms with Crippen molar-refractivity contribution >= 4 is 16.0 Å². The summed E-state index contributed by atoms with van der Waals surface area (Å²) < 4.78 is 28.6. The maximum Gasteiger partial charge on any atom is 0.213 e. The van der Waals surface area contributed by atoms with Gasteiger partial charge in [0.25, 0.3) is 0 Å². The molecule has 1 aliphatic carbocycles. The molecule has 0 bridgehead atoms. The lowest BCUT2D eigenvalue weighted by Gasteiger charge is -2.26. The van der Waals surface area contributed by atoms with E-state index in [4.69, 9.17) is 0 Å². The molecule has 0 radical (unpaired) electrons. The van der Waals surface area contributed by atoms with E-state index in [9.17, 15) is 8.42 Å². The number of hydrogen-bond donors (Lipinski definition) is 3. The fourth-order valence-electron chi connectivity index (χ4n) is 3.06. The standard InChI is InChI=1S/C15H27N7O2S/c1-16-15(21-13-5-6-14-18-11-19-22(14)10-13)17-7-8-25(23,24)20-9-12-3-2-4-12/h11-13,20H,2-10H2,1H3,(H2,16,17,21). The summed E-state index contributed by atoms with van der Waals surface area (Å²) >= 11 is 0. The SMILES string of the molecule is CN=C(NCCS(=O)(=O)NCC1CCC1)NC1CCc2ncnn2C1. The lowest BCUT2D eigenvalue weighted by atomic mass is 9.86. The molecule has 10 heteroatoms. The second-order valence-electron chi connectivity index (χ2n) is 6.70. The van der Waals surface area contributed by atoms with Crippen LogP contribution in [0, 0.1) is 5.92 Å². The molecule has 25 heavy (non-hydrogen) atoms. The van der Waals surface area contributed by atoms with E-state index in [1.165, 1.54) is 6.42 Å². The molecular formula is C15H27N7O2S. The normalized spacial score (nSPS) is 21.5. The van der Waals surface area contributed by atoms with E-state index in [0.717, 1.165) is 38.1 Å². The third kappa shape index (κ3) is 5.15. The molecule has 140 valence electrons. The van der Waals surface area contributed by atoms with E-state index in [1.807, 2.05) is 4.68 Å². The predicted octanol–water partition coefficient (Wildman–Crippen LogP) is -0.523. The zero-order chi connectivity index (χ0) is 17.7. The Kier molecular flexibility index (Phi) is 5.89. The summed E-state index contributed by atoms with van der Waals surface area (Å²) in [4.78, 5) is 8.39. The van der Waals surface area contributed by atoms with Crippen LogP contribution in [0.3, 0.4) is 0 Å². The average molecular weight is 369 g/mol. The molecule has 3 rings (SSSR count). The van der Waals surface area contributed by atoms with Crippen LogP contribution < -0.4 is 15.4 Å². The molecular weight excluding hydrogens is 342 g/mol. The van der Waals surface area contributed by atoms with Crippen molar-refractivity contribution in [2.75, 3.05) is 25.9 Å². The Bertz CT molecular complexity index is 696. The topological polar surface area (TPSA) is 113 Å². The van der Waals surface area contributed by atoms with E-state index in [-0.39, 0.29) is 11.8 Å². The number of hydrogen-bond acceptors (Lipinski definition) is 5. The first-order valence-corrected chi connectivity index (χ1v) is 10.5. The highest BCUT2D eigenvalue weighted by Gasteiger charge is 2.22. The highest BCUT2D eigenvalue weighted by molar-refractivity contribution is 7.89. The van der Waals surface area contributed by atoms with Gasteiger partial charge in [0, 0.05) is 32.6 Å². The minimum Gasteiger partial charge on any atom is -0.355 e. The van der Waals surface area contributed by atoms with Gasteiger partial charge >= 0.3 is 0 Å². The highest BCUT2D eigenvalue weighted by Crippen LogP contribution is 2.25. The van der Waals surface area contributed by atoms with Crippen molar-refractivity contribution in [3.8, 4) is 0 Å². The summed E-state index contributed by atoms with van der Waals surface area (Å²) in [5.41, 5.74) is 0. The minimum atomic E-state index is -3.24. The number of sulfonamides is 1. The van der Waals surface area contributed by atoms with Gasteiger partial charge in [0.05, 0.1) is 12.3 Å². The van der Waals surface area contributed by atoms with Crippen LogP contribution in [0.2, 0.25) is 0 Å². The summed E-state index contributed by atoms with van der Waals surface area (Å²) in [5.74, 6) is 2.18. The van der Waals surface area contributed by atoms with Crippen molar-refractivity contribution in [3.05, 3.63) is 12.2 Å². The first-order valence-electron chi connectivity index (χ1n) is 8.87. The molecule has 0 amide bonds. The number of rotatable bonds is 7. The number of fused-ring (bicyclic) bond motifs is 1. The monoisotopic (exact) mass is 369 g/mol. The molecule has 1 aromatic heterocycles. The number of nitrogens with one attached hydrogen (secondary N) is 3. The molecule has 1 aliphatic heterocycles. The summed E-state index contributed by atoms with van der Waals surface area (Å²) in [6.07, 6.45) is 6.87. The van der Waals surface area contributed by atoms with E-state index in [2.05, 4.69) is 30.4 Å². The third-order valence-electron chi connectivity index (χ3n) is 4.85. The van der Waals surface area contributed by atoms with Gasteiger partial charge in [0.15, 0.2) is 5.96 Å². The molecule has 2 aliphatic rings. The number of aliphatic imine (C=N–C) groups is 1. The van der Waals surface area contributed by atoms with Crippen molar-refractivity contribution in [2.45, 2.75) is 44.7 Å². The van der Waals surface area contributed by atoms with Crippen LogP contribution in [0.1, 0.15) is 31.5 Å². The molecule has 0 saturated heterocycles. The van der Waals surface area contributed by atoms with Crippen LogP contribution in [-0.2, 0) is 23.0 Å². The Hall–Kier alpha value is -1.68. The van der Waals surface area contributed by atoms with Crippen LogP contribution in [0.5, 0.6) is 0 Å². The van der Waals surface area contributed by atoms with Gasteiger partial charge in [-0.1, -0.05) is 6.42 Å². The quantitative estimate of drug-likeness (QED) is 0.440. The first-order chi connectivity index (χ1) is 12.1. The number of aromatic nitrogens is 3. The summed E-state index contributed by atoms with van der Waals surface area (Å²) in [5, 5.41) is 10.6. The van der Waals surface area contributed by atoms with Gasteiger partial charge in [-0.05, 0) is 25.2 Å². The highest BCUT2D eigenvalue weighted by atomic mass is 32.2. The zero-order valence-corrected chi connectivity index (χ0v) is 15.4. The lowest BCUT2D eigenvalue weighted by molar-refractivity contribution is 0.316. The molecule has 2 heterocycles. The van der Waals surface area contributed by atoms with Gasteiger partial charge in [0.1, 0.15) is 12.2 Å². The predicted molar refractivity (Wildman–Crippen MR) is 95.8 cm³/mol. The van der Waals surface area contributed by atoms with Gasteiger partial charge in [0.2, 0.25) is 10.0 Å². The van der Waals surface area contributed by atoms with E-state index in [1.54, 1.807) is 13.4 Å². The van der Waals surface area contributed by atoms with Crippen LogP contribution in [-0.4, -0.2) is 61.1 Å². The Morgan fingerprint density at radius 3 is 2.96 bits per heavy atom. The zero-order valence-electron chi connectivity index (χ0n) is 14.6. The molecule has 0 aromatic carbocycles. The number of nitrogens with zero attached hydrogens (tertiary/aromatic N) is 4. The smallest absolute Gasteiger partial charge is 0.213 e. The second kappa shape index (κ2) is 8.13. The Morgan fingerprint density at radius 1 is 1.40 bits per heavy atom. The molecule has 0 spiro atoms. The summed E-state index contributed by atoms with van der Waals surface area (Å²) in [7, 11) is -1.56. The maximum absolute atomic E-state index is 12.0. The van der Waals surface area contributed by atoms with Crippen LogP contribution in [0.25, 0.3) is 0 Å². The molecule has 1 fully saturated rings. The van der Waals surface area contributed by atoms with Gasteiger partial charge in [-0.2, -0.15) is 5.10 Å². The molecule has 3 N–H and O–H groups in total. The minimum absolute atomic E-state index is 0.0400. The lowest BCUT2D eigenvalue weighted by Crippen LogP contribution is -2.48. The van der Waals surface area contributed by atoms with Crippen molar-refractivity contribution in [2.24, 2.45) is 10.9 Å². The Balaban J connectivity index is 1.39. The van der Waals surface area contributed by atoms with Crippen LogP contribution in [0.4, 0.5) is 0 Å². The van der Waals surface area contributed by atoms with E-state index < -0.39 is 10.0 Å². The van der Waals surface area contributed by atoms with Crippen LogP contribution in [0.15, 0.2) is 11.3 Å². The number of guanidine groups is 1. The summed E-state index contributed by atoms with van der Waals surface area (Å²) in [6.45, 7) is 1.62. The maximum atomic E-state index is 12.0. The fraction of sp³-hybridized carbons (Fsp3) is 0.800. The number of aryl methyl sites for hydroxylation is 1. The Labute approximate surface area is 148 Å². The van der Waals surface area contributed by atoms with Gasteiger partial charge in [-0.15, -0.1) is 0 Å². The second-order valence-corrected chi connectivity index (χ2v) is 8.63. The van der Waals surface area contributed by atoms with Crippen molar-refractivity contribution < 1.29 is 8.42 Å². The van der Waals surface area contributed by atoms with E-state index >= 15 is 0 Å². The fourth-order valence-corrected chi connectivity index (χ4v) is 4.07. The molecule has 1 aromatic rings. The van der Waals surface area contributed by atoms with Crippen molar-refractivity contribution in [1.29, 1.82) is 0 Å². The molecule has 1 saturated carbocycles. The van der Waals surface area contributed by atoms with Crippen LogP contribution >= 0.6 is 0 Å². The van der Waals surface area contributed by atoms with E-state index in [0.29, 0.717) is 25.0 Å². The molecule has 1 atom stereocenters. The van der Waals surface area contributed by atoms with Gasteiger partial charge in [-0.3, -0.25) is 4.99 Å².